The third-order valence-corrected chi connectivity index (χ3v) is 2.48. The average Bonchev–Trinajstić information content (AvgIpc) is 2.09. The lowest BCUT2D eigenvalue weighted by Gasteiger charge is -2.37. The molecule has 76 valence electrons. The van der Waals surface area contributed by atoms with E-state index in [4.69, 9.17) is 0 Å². The molecule has 1 saturated heterocycles. The van der Waals surface area contributed by atoms with Crippen LogP contribution < -0.4 is 5.32 Å². The van der Waals surface area contributed by atoms with E-state index in [1.807, 2.05) is 0 Å². The molecule has 0 atom stereocenters. The smallest absolute Gasteiger partial charge is 0.129 e. The van der Waals surface area contributed by atoms with E-state index in [9.17, 15) is 13.9 Å². The lowest BCUT2D eigenvalue weighted by Crippen LogP contribution is -2.60. The molecular formula is C10H11F2NO. The molecule has 1 heterocycles. The maximum absolute atomic E-state index is 13.2. The molecule has 1 aliphatic heterocycles. The Labute approximate surface area is 80.6 Å². The largest absolute Gasteiger partial charge is 0.387 e. The topological polar surface area (TPSA) is 32.3 Å². The van der Waals surface area contributed by atoms with Gasteiger partial charge in [-0.25, -0.2) is 8.78 Å². The summed E-state index contributed by atoms with van der Waals surface area (Å²) in [6, 6.07) is 3.72. The van der Waals surface area contributed by atoms with Crippen LogP contribution in [0.5, 0.6) is 0 Å². The molecule has 1 fully saturated rings. The number of β-amino-alcohol motifs (C(OH)–C–C–N with tert-alkyl or cyclic N) is 1. The van der Waals surface area contributed by atoms with Crippen LogP contribution in [0.4, 0.5) is 8.78 Å². The highest BCUT2D eigenvalue weighted by Crippen LogP contribution is 2.21. The van der Waals surface area contributed by atoms with Crippen molar-refractivity contribution < 1.29 is 13.9 Å². The molecule has 0 spiro atoms. The van der Waals surface area contributed by atoms with Gasteiger partial charge < -0.3 is 10.4 Å². The van der Waals surface area contributed by atoms with Crippen LogP contribution in [-0.2, 0) is 6.42 Å². The van der Waals surface area contributed by atoms with Crippen LogP contribution in [0.2, 0.25) is 0 Å². The summed E-state index contributed by atoms with van der Waals surface area (Å²) in [5.41, 5.74) is -1.01. The molecule has 0 aliphatic carbocycles. The number of aliphatic hydroxyl groups is 1. The normalized spacial score (nSPS) is 19.1. The zero-order valence-electron chi connectivity index (χ0n) is 7.56. The Morgan fingerprint density at radius 1 is 1.29 bits per heavy atom. The van der Waals surface area contributed by atoms with Crippen molar-refractivity contribution in [2.24, 2.45) is 0 Å². The minimum Gasteiger partial charge on any atom is -0.387 e. The molecule has 2 N–H and O–H groups in total. The number of nitrogens with one attached hydrogen (secondary N) is 1. The minimum atomic E-state index is -0.983. The summed E-state index contributed by atoms with van der Waals surface area (Å²) in [4.78, 5) is 0. The van der Waals surface area contributed by atoms with Crippen molar-refractivity contribution in [3.05, 3.63) is 35.4 Å². The number of hydrogen-bond donors (Lipinski definition) is 2. The highest BCUT2D eigenvalue weighted by Gasteiger charge is 2.35. The van der Waals surface area contributed by atoms with E-state index in [2.05, 4.69) is 5.32 Å². The summed E-state index contributed by atoms with van der Waals surface area (Å²) in [6.07, 6.45) is 0.0263. The maximum Gasteiger partial charge on any atom is 0.129 e. The van der Waals surface area contributed by atoms with E-state index in [-0.39, 0.29) is 12.0 Å². The Morgan fingerprint density at radius 3 is 2.29 bits per heavy atom. The van der Waals surface area contributed by atoms with E-state index < -0.39 is 17.2 Å². The second kappa shape index (κ2) is 3.29. The van der Waals surface area contributed by atoms with Crippen LogP contribution in [0.15, 0.2) is 18.2 Å². The van der Waals surface area contributed by atoms with Gasteiger partial charge in [-0.15, -0.1) is 0 Å². The standard InChI is InChI=1S/C10H11F2NO/c11-8-2-1-3-9(12)7(8)4-10(14)5-13-6-10/h1-3,13-14H,4-6H2. The van der Waals surface area contributed by atoms with E-state index in [0.717, 1.165) is 0 Å². The van der Waals surface area contributed by atoms with Crippen molar-refractivity contribution in [1.82, 2.24) is 5.32 Å². The molecule has 0 bridgehead atoms. The van der Waals surface area contributed by atoms with Crippen LogP contribution in [0.25, 0.3) is 0 Å². The van der Waals surface area contributed by atoms with Gasteiger partial charge in [0.2, 0.25) is 0 Å². The van der Waals surface area contributed by atoms with Gasteiger partial charge in [0.25, 0.3) is 0 Å². The lowest BCUT2D eigenvalue weighted by molar-refractivity contribution is -0.0104. The van der Waals surface area contributed by atoms with Gasteiger partial charge in [-0.05, 0) is 12.1 Å². The lowest BCUT2D eigenvalue weighted by atomic mass is 9.89. The number of rotatable bonds is 2. The van der Waals surface area contributed by atoms with Crippen LogP contribution in [0.3, 0.4) is 0 Å². The fourth-order valence-electron chi connectivity index (χ4n) is 1.57. The predicted molar refractivity (Wildman–Crippen MR) is 47.9 cm³/mol. The van der Waals surface area contributed by atoms with Gasteiger partial charge in [0.15, 0.2) is 0 Å². The fraction of sp³-hybridized carbons (Fsp3) is 0.400. The monoisotopic (exact) mass is 199 g/mol. The summed E-state index contributed by atoms with van der Waals surface area (Å²) in [5, 5.41) is 12.6. The summed E-state index contributed by atoms with van der Waals surface area (Å²) < 4.78 is 26.3. The number of halogens is 2. The molecule has 0 aromatic heterocycles. The van der Waals surface area contributed by atoms with Crippen molar-refractivity contribution in [3.63, 3.8) is 0 Å². The van der Waals surface area contributed by atoms with Gasteiger partial charge in [-0.1, -0.05) is 6.07 Å². The van der Waals surface area contributed by atoms with Crippen molar-refractivity contribution >= 4 is 0 Å². The Hall–Kier alpha value is -1.00. The quantitative estimate of drug-likeness (QED) is 0.739. The molecular weight excluding hydrogens is 188 g/mol. The van der Waals surface area contributed by atoms with Gasteiger partial charge in [-0.3, -0.25) is 0 Å². The summed E-state index contributed by atoms with van der Waals surface area (Å²) >= 11 is 0. The molecule has 0 saturated carbocycles. The van der Waals surface area contributed by atoms with Crippen LogP contribution in [-0.4, -0.2) is 23.8 Å². The first kappa shape index (κ1) is 9.55. The Morgan fingerprint density at radius 2 is 1.86 bits per heavy atom. The van der Waals surface area contributed by atoms with Gasteiger partial charge in [0, 0.05) is 25.1 Å². The molecule has 14 heavy (non-hydrogen) atoms. The van der Waals surface area contributed by atoms with Crippen molar-refractivity contribution in [1.29, 1.82) is 0 Å². The van der Waals surface area contributed by atoms with Crippen LogP contribution in [0.1, 0.15) is 5.56 Å². The summed E-state index contributed by atoms with van der Waals surface area (Å²) in [5.74, 6) is -1.18. The molecule has 1 aromatic rings. The van der Waals surface area contributed by atoms with E-state index in [1.165, 1.54) is 18.2 Å². The molecule has 0 amide bonds. The Kier molecular flexibility index (Phi) is 2.25. The molecule has 1 aromatic carbocycles. The molecule has 4 heteroatoms. The van der Waals surface area contributed by atoms with Crippen molar-refractivity contribution in [2.75, 3.05) is 13.1 Å². The average molecular weight is 199 g/mol. The van der Waals surface area contributed by atoms with Gasteiger partial charge >= 0.3 is 0 Å². The first-order valence-corrected chi connectivity index (χ1v) is 4.47. The Balaban J connectivity index is 2.23. The molecule has 1 aliphatic rings. The zero-order valence-corrected chi connectivity index (χ0v) is 7.56. The highest BCUT2D eigenvalue weighted by atomic mass is 19.1. The van der Waals surface area contributed by atoms with E-state index >= 15 is 0 Å². The third-order valence-electron chi connectivity index (χ3n) is 2.48. The first-order valence-electron chi connectivity index (χ1n) is 4.47. The highest BCUT2D eigenvalue weighted by molar-refractivity contribution is 5.22. The first-order chi connectivity index (χ1) is 6.61. The zero-order chi connectivity index (χ0) is 10.2. The van der Waals surface area contributed by atoms with Gasteiger partial charge in [-0.2, -0.15) is 0 Å². The van der Waals surface area contributed by atoms with Gasteiger partial charge in [0.05, 0.1) is 5.60 Å². The summed E-state index contributed by atoms with van der Waals surface area (Å²) in [6.45, 7) is 0.779. The predicted octanol–water partition coefficient (Wildman–Crippen LogP) is 0.842. The van der Waals surface area contributed by atoms with Crippen LogP contribution >= 0.6 is 0 Å². The van der Waals surface area contributed by atoms with Crippen LogP contribution in [0, 0.1) is 11.6 Å². The molecule has 2 nitrogen and oxygen atoms in total. The molecule has 0 unspecified atom stereocenters. The van der Waals surface area contributed by atoms with Gasteiger partial charge in [0.1, 0.15) is 11.6 Å². The van der Waals surface area contributed by atoms with Crippen molar-refractivity contribution in [3.8, 4) is 0 Å². The maximum atomic E-state index is 13.2. The number of hydrogen-bond acceptors (Lipinski definition) is 2. The second-order valence-corrected chi connectivity index (χ2v) is 3.70. The second-order valence-electron chi connectivity index (χ2n) is 3.70. The minimum absolute atomic E-state index is 0.0263. The SMILES string of the molecule is OC1(Cc2c(F)cccc2F)CNC1. The fourth-order valence-corrected chi connectivity index (χ4v) is 1.57. The number of benzene rings is 1. The molecule has 0 radical (unpaired) electrons. The Bertz CT molecular complexity index is 330. The van der Waals surface area contributed by atoms with E-state index in [0.29, 0.717) is 13.1 Å². The van der Waals surface area contributed by atoms with Crippen molar-refractivity contribution in [2.45, 2.75) is 12.0 Å². The summed E-state index contributed by atoms with van der Waals surface area (Å²) in [7, 11) is 0. The third kappa shape index (κ3) is 1.63. The molecule has 2 rings (SSSR count). The van der Waals surface area contributed by atoms with E-state index in [1.54, 1.807) is 0 Å².